The largest absolute Gasteiger partial charge is 0.451 e. The minimum absolute atomic E-state index is 0.0684. The highest BCUT2D eigenvalue weighted by Gasteiger charge is 2.43. The number of carbonyl (C=O) groups is 8. The number of rotatable bonds is 15. The number of aromatic nitrogens is 2. The molecule has 81 heavy (non-hydrogen) atoms. The van der Waals surface area contributed by atoms with E-state index in [1.54, 1.807) is 65.5 Å². The van der Waals surface area contributed by atoms with Crippen molar-refractivity contribution in [2.75, 3.05) is 28.2 Å². The number of esters is 4. The number of halogens is 1. The molecule has 0 aliphatic carbocycles. The van der Waals surface area contributed by atoms with Gasteiger partial charge in [0.1, 0.15) is 30.0 Å². The van der Waals surface area contributed by atoms with Gasteiger partial charge in [0, 0.05) is 52.8 Å². The number of benzene rings is 3. The highest BCUT2D eigenvalue weighted by Crippen LogP contribution is 2.25. The number of nitrogens with zero attached hydrogens (tertiary/aromatic N) is 6. The van der Waals surface area contributed by atoms with Crippen LogP contribution in [0, 0.1) is 29.5 Å². The lowest BCUT2D eigenvalue weighted by Crippen LogP contribution is -2.55. The second-order valence-electron chi connectivity index (χ2n) is 23.0. The SMILES string of the molecule is CC(C)C[C@H]1C(=O)O[C@H](Cc2ccc(Cn3cc(-c4ccc(F)cc4)cn3)cc2)C(=O)N(C)[C@@H](CC(C)C)C(=O)O[C@H](C)C(=O)N(C)[C@@H](CC(C)C)C(=O)O[C@H](Cc2ccccc2)C(=O)N(C)[C@@H](CC(C)C)C(=O)O[C@H](C)C(=O)N1C. The van der Waals surface area contributed by atoms with Gasteiger partial charge in [-0.3, -0.25) is 23.9 Å². The zero-order valence-corrected chi connectivity index (χ0v) is 49.5. The smallest absolute Gasteiger partial charge is 0.329 e. The molecule has 2 heterocycles. The van der Waals surface area contributed by atoms with Gasteiger partial charge in [0.25, 0.3) is 23.6 Å². The number of hydrogen-bond acceptors (Lipinski definition) is 13. The molecular weight excluding hydrogens is 1040 g/mol. The summed E-state index contributed by atoms with van der Waals surface area (Å²) >= 11 is 0. The number of likely N-dealkylation sites (N-methyl/N-ethyl adjacent to an activating group) is 4. The molecule has 0 spiro atoms. The van der Waals surface area contributed by atoms with Gasteiger partial charge in [0.15, 0.2) is 24.4 Å². The third-order valence-electron chi connectivity index (χ3n) is 14.3. The summed E-state index contributed by atoms with van der Waals surface area (Å²) in [5.41, 5.74) is 3.65. The van der Waals surface area contributed by atoms with Crippen molar-refractivity contribution in [3.8, 4) is 11.1 Å². The summed E-state index contributed by atoms with van der Waals surface area (Å²) in [6, 6.07) is 17.0. The number of cyclic esters (lactones) is 4. The van der Waals surface area contributed by atoms with Crippen molar-refractivity contribution >= 4 is 47.5 Å². The van der Waals surface area contributed by atoms with Crippen LogP contribution < -0.4 is 0 Å². The van der Waals surface area contributed by atoms with Gasteiger partial charge in [-0.1, -0.05) is 122 Å². The van der Waals surface area contributed by atoms with Crippen molar-refractivity contribution in [1.82, 2.24) is 29.4 Å². The van der Waals surface area contributed by atoms with Crippen molar-refractivity contribution < 1.29 is 61.7 Å². The molecule has 0 N–H and O–H groups in total. The van der Waals surface area contributed by atoms with E-state index in [9.17, 15) is 38.0 Å². The summed E-state index contributed by atoms with van der Waals surface area (Å²) in [4.78, 5) is 121. The van der Waals surface area contributed by atoms with Crippen LogP contribution in [0.2, 0.25) is 0 Å². The molecule has 0 saturated carbocycles. The van der Waals surface area contributed by atoms with Crippen molar-refractivity contribution in [1.29, 1.82) is 0 Å². The van der Waals surface area contributed by atoms with Gasteiger partial charge in [0.2, 0.25) is 0 Å². The Balaban J connectivity index is 1.57. The van der Waals surface area contributed by atoms with Crippen molar-refractivity contribution in [2.45, 2.75) is 163 Å². The van der Waals surface area contributed by atoms with Crippen LogP contribution in [0.25, 0.3) is 11.1 Å². The number of hydrogen-bond donors (Lipinski definition) is 0. The summed E-state index contributed by atoms with van der Waals surface area (Å²) in [7, 11) is 5.53. The molecule has 0 radical (unpaired) electrons. The molecule has 19 heteroatoms. The van der Waals surface area contributed by atoms with E-state index in [0.29, 0.717) is 17.7 Å². The number of amides is 4. The Morgan fingerprint density at radius 1 is 0.444 bits per heavy atom. The Kier molecular flexibility index (Phi) is 23.3. The first kappa shape index (κ1) is 64.4. The molecule has 8 atom stereocenters. The molecule has 0 unspecified atom stereocenters. The van der Waals surface area contributed by atoms with E-state index < -0.39 is 96.1 Å². The average molecular weight is 1120 g/mol. The minimum atomic E-state index is -1.57. The molecular formula is C62H83FN6O12. The standard InChI is InChI=1S/C62H83FN6O12/c1-37(2)28-49-59(74)78-42(10)56(71)66(12)52(31-40(7)8)62(77)81-54(33-44-20-22-45(23-21-44)35-69-36-47(34-64-69)46-24-26-48(63)27-25-46)58(73)68(14)50(29-38(3)4)60(75)79-41(9)55(70)65(11)51(30-39(5)6)61(76)80-53(57(72)67(49)13)32-43-18-16-15-17-19-43/h15-27,34,36-42,49-54H,28-33,35H2,1-14H3/t41-,42-,49+,50+,51+,52+,53-,54-/m1/s1. The first-order valence-electron chi connectivity index (χ1n) is 27.9. The Morgan fingerprint density at radius 3 is 1.17 bits per heavy atom. The maximum Gasteiger partial charge on any atom is 0.329 e. The van der Waals surface area contributed by atoms with Gasteiger partial charge >= 0.3 is 23.9 Å². The minimum Gasteiger partial charge on any atom is -0.451 e. The normalized spacial score (nSPS) is 23.0. The van der Waals surface area contributed by atoms with Crippen LogP contribution in [-0.4, -0.2) is 154 Å². The Labute approximate surface area is 476 Å². The van der Waals surface area contributed by atoms with Crippen LogP contribution in [0.3, 0.4) is 0 Å². The molecule has 1 aliphatic rings. The third-order valence-corrected chi connectivity index (χ3v) is 14.3. The second kappa shape index (κ2) is 29.3. The molecule has 0 bridgehead atoms. The lowest BCUT2D eigenvalue weighted by Gasteiger charge is -2.35. The summed E-state index contributed by atoms with van der Waals surface area (Å²) in [5.74, 6) is -7.84. The predicted molar refractivity (Wildman–Crippen MR) is 302 cm³/mol. The summed E-state index contributed by atoms with van der Waals surface area (Å²) < 4.78 is 39.4. The topological polar surface area (TPSA) is 204 Å². The Hall–Kier alpha value is -7.44. The van der Waals surface area contributed by atoms with Crippen LogP contribution >= 0.6 is 0 Å². The molecule has 4 aromatic rings. The van der Waals surface area contributed by atoms with Gasteiger partial charge in [-0.2, -0.15) is 5.10 Å². The van der Waals surface area contributed by atoms with Crippen molar-refractivity contribution in [3.63, 3.8) is 0 Å². The lowest BCUT2D eigenvalue weighted by atomic mass is 9.99. The molecule has 1 aliphatic heterocycles. The first-order chi connectivity index (χ1) is 38.1. The molecule has 3 aromatic carbocycles. The fourth-order valence-electron chi connectivity index (χ4n) is 9.73. The number of carbonyl (C=O) groups excluding carboxylic acids is 8. The predicted octanol–water partition coefficient (Wildman–Crippen LogP) is 7.72. The third kappa shape index (κ3) is 18.0. The molecule has 18 nitrogen and oxygen atoms in total. The van der Waals surface area contributed by atoms with Crippen molar-refractivity contribution in [2.24, 2.45) is 23.7 Å². The highest BCUT2D eigenvalue weighted by molar-refractivity contribution is 5.94. The van der Waals surface area contributed by atoms with E-state index >= 15 is 4.79 Å². The Bertz CT molecular complexity index is 2770. The first-order valence-corrected chi connectivity index (χ1v) is 27.9. The summed E-state index contributed by atoms with van der Waals surface area (Å²) in [6.07, 6.45) is -2.47. The van der Waals surface area contributed by atoms with Crippen molar-refractivity contribution in [3.05, 3.63) is 114 Å². The average Bonchev–Trinajstić information content (AvgIpc) is 3.92. The fourth-order valence-corrected chi connectivity index (χ4v) is 9.73. The molecule has 440 valence electrons. The van der Waals surface area contributed by atoms with E-state index in [4.69, 9.17) is 18.9 Å². The van der Waals surface area contributed by atoms with Gasteiger partial charge in [-0.15, -0.1) is 0 Å². The van der Waals surface area contributed by atoms with E-state index in [0.717, 1.165) is 36.3 Å². The van der Waals surface area contributed by atoms with Crippen LogP contribution in [0.4, 0.5) is 4.39 Å². The second-order valence-corrected chi connectivity index (χ2v) is 23.0. The molecule has 1 fully saturated rings. The number of ether oxygens (including phenoxy) is 4. The maximum absolute atomic E-state index is 15.0. The lowest BCUT2D eigenvalue weighted by molar-refractivity contribution is -0.176. The van der Waals surface area contributed by atoms with Gasteiger partial charge in [-0.25, -0.2) is 23.6 Å². The zero-order chi connectivity index (χ0) is 60.0. The van der Waals surface area contributed by atoms with Gasteiger partial charge < -0.3 is 38.5 Å². The van der Waals surface area contributed by atoms with Crippen LogP contribution in [-0.2, 0) is 76.7 Å². The van der Waals surface area contributed by atoms with Crippen LogP contribution in [0.5, 0.6) is 0 Å². The monoisotopic (exact) mass is 1120 g/mol. The van der Waals surface area contributed by atoms with E-state index in [1.165, 1.54) is 54.2 Å². The van der Waals surface area contributed by atoms with Gasteiger partial charge in [-0.05, 0) is 97.6 Å². The van der Waals surface area contributed by atoms with Crippen LogP contribution in [0.15, 0.2) is 91.3 Å². The van der Waals surface area contributed by atoms with E-state index in [1.807, 2.05) is 73.7 Å². The quantitative estimate of drug-likeness (QED) is 0.0828. The summed E-state index contributed by atoms with van der Waals surface area (Å²) in [6.45, 7) is 17.8. The van der Waals surface area contributed by atoms with Crippen LogP contribution in [0.1, 0.15) is 112 Å². The highest BCUT2D eigenvalue weighted by atomic mass is 19.1. The molecule has 1 aromatic heterocycles. The Morgan fingerprint density at radius 2 is 0.790 bits per heavy atom. The molecule has 1 saturated heterocycles. The zero-order valence-electron chi connectivity index (χ0n) is 49.5. The fraction of sp³-hybridized carbons (Fsp3) is 0.532. The maximum atomic E-state index is 15.0. The summed E-state index contributed by atoms with van der Waals surface area (Å²) in [5, 5.41) is 4.47. The van der Waals surface area contributed by atoms with Gasteiger partial charge in [0.05, 0.1) is 12.7 Å². The molecule has 4 amide bonds. The molecule has 5 rings (SSSR count). The van der Waals surface area contributed by atoms with E-state index in [2.05, 4.69) is 5.10 Å². The van der Waals surface area contributed by atoms with E-state index in [-0.39, 0.29) is 68.0 Å².